The number of guanidine groups is 1. The Bertz CT molecular complexity index is 1150. The number of nitrogens with two attached hydrogens (primary N) is 1. The molecular formula is C28H33N5O4. The van der Waals surface area contributed by atoms with Crippen molar-refractivity contribution in [2.24, 2.45) is 5.73 Å². The Labute approximate surface area is 216 Å². The van der Waals surface area contributed by atoms with E-state index in [0.717, 1.165) is 16.7 Å². The zero-order valence-corrected chi connectivity index (χ0v) is 20.7. The van der Waals surface area contributed by atoms with Crippen LogP contribution in [0.5, 0.6) is 11.5 Å². The van der Waals surface area contributed by atoms with E-state index in [1.165, 1.54) is 7.11 Å². The maximum absolute atomic E-state index is 13.4. The molecule has 9 nitrogen and oxygen atoms in total. The predicted octanol–water partition coefficient (Wildman–Crippen LogP) is 2.60. The highest BCUT2D eigenvalue weighted by Gasteiger charge is 2.27. The number of ether oxygens (including phenoxy) is 1. The molecule has 0 heterocycles. The summed E-state index contributed by atoms with van der Waals surface area (Å²) in [5.41, 5.74) is 7.66. The number of hydrogen-bond donors (Lipinski definition) is 6. The first-order valence-corrected chi connectivity index (χ1v) is 12.0. The second kappa shape index (κ2) is 13.6. The van der Waals surface area contributed by atoms with E-state index >= 15 is 0 Å². The van der Waals surface area contributed by atoms with Crippen LogP contribution in [-0.4, -0.2) is 42.6 Å². The molecule has 0 bridgehead atoms. The minimum atomic E-state index is -0.700. The number of carbonyl (C=O) groups excluding carboxylic acids is 2. The average molecular weight is 504 g/mol. The molecule has 2 amide bonds. The summed E-state index contributed by atoms with van der Waals surface area (Å²) in [7, 11) is 1.47. The molecule has 0 fully saturated rings. The molecule has 0 spiro atoms. The van der Waals surface area contributed by atoms with Crippen LogP contribution in [0.15, 0.2) is 78.9 Å². The number of benzene rings is 3. The highest BCUT2D eigenvalue weighted by molar-refractivity contribution is 6.01. The molecule has 0 aliphatic heterocycles. The third-order valence-corrected chi connectivity index (χ3v) is 5.87. The van der Waals surface area contributed by atoms with Gasteiger partial charge in [-0.3, -0.25) is 20.3 Å². The minimum Gasteiger partial charge on any atom is -0.504 e. The van der Waals surface area contributed by atoms with Gasteiger partial charge in [0.1, 0.15) is 0 Å². The standard InChI is InChI=1S/C28H33N5O4/c1-37-24-15-14-19(17-23(24)34)18-32-22(13-8-16-31-28(29)30)26(35)33-27(36)25(20-9-4-2-5-10-20)21-11-6-3-7-12-21/h2-7,9-12,14-15,17,22,25,32,34H,8,13,16,18H2,1H3,(H4,29,30,31)(H,33,35,36)/t22-/m0/s1. The van der Waals surface area contributed by atoms with E-state index in [9.17, 15) is 14.7 Å². The number of phenols is 1. The van der Waals surface area contributed by atoms with Gasteiger partial charge in [-0.1, -0.05) is 66.7 Å². The number of aromatic hydroxyl groups is 1. The molecule has 0 saturated heterocycles. The SMILES string of the molecule is COc1ccc(CN[C@@H](CCCNC(=N)N)C(=O)NC(=O)C(c2ccccc2)c2ccccc2)cc1O. The summed E-state index contributed by atoms with van der Waals surface area (Å²) in [6.45, 7) is 0.694. The van der Waals surface area contributed by atoms with Gasteiger partial charge >= 0.3 is 0 Å². The lowest BCUT2D eigenvalue weighted by Crippen LogP contribution is -2.47. The molecule has 1 atom stereocenters. The van der Waals surface area contributed by atoms with Crippen LogP contribution in [0.2, 0.25) is 0 Å². The van der Waals surface area contributed by atoms with Crippen LogP contribution in [0.1, 0.15) is 35.4 Å². The van der Waals surface area contributed by atoms with Crippen molar-refractivity contribution in [3.8, 4) is 11.5 Å². The van der Waals surface area contributed by atoms with Gasteiger partial charge in [0.05, 0.1) is 19.1 Å². The predicted molar refractivity (Wildman–Crippen MR) is 142 cm³/mol. The van der Waals surface area contributed by atoms with Gasteiger partial charge < -0.3 is 26.2 Å². The molecule has 37 heavy (non-hydrogen) atoms. The van der Waals surface area contributed by atoms with Gasteiger partial charge in [0.25, 0.3) is 0 Å². The van der Waals surface area contributed by atoms with Gasteiger partial charge in [0.2, 0.25) is 11.8 Å². The van der Waals surface area contributed by atoms with Gasteiger partial charge in [-0.15, -0.1) is 0 Å². The number of rotatable bonds is 12. The summed E-state index contributed by atoms with van der Waals surface area (Å²) >= 11 is 0. The molecule has 3 aromatic carbocycles. The topological polar surface area (TPSA) is 150 Å². The fourth-order valence-electron chi connectivity index (χ4n) is 4.01. The largest absolute Gasteiger partial charge is 0.504 e. The molecule has 194 valence electrons. The van der Waals surface area contributed by atoms with E-state index in [4.69, 9.17) is 15.9 Å². The van der Waals surface area contributed by atoms with Crippen molar-refractivity contribution < 1.29 is 19.4 Å². The van der Waals surface area contributed by atoms with Crippen molar-refractivity contribution in [2.75, 3.05) is 13.7 Å². The second-order valence-corrected chi connectivity index (χ2v) is 8.53. The quantitative estimate of drug-likeness (QED) is 0.126. The Hall–Kier alpha value is -4.37. The van der Waals surface area contributed by atoms with Crippen LogP contribution in [0, 0.1) is 5.41 Å². The third-order valence-electron chi connectivity index (χ3n) is 5.87. The van der Waals surface area contributed by atoms with Gasteiger partial charge in [-0.25, -0.2) is 0 Å². The van der Waals surface area contributed by atoms with Crippen LogP contribution in [0.25, 0.3) is 0 Å². The van der Waals surface area contributed by atoms with E-state index in [1.54, 1.807) is 18.2 Å². The van der Waals surface area contributed by atoms with Gasteiger partial charge in [-0.2, -0.15) is 0 Å². The fourth-order valence-corrected chi connectivity index (χ4v) is 4.01. The number of methoxy groups -OCH3 is 1. The highest BCUT2D eigenvalue weighted by Crippen LogP contribution is 2.26. The van der Waals surface area contributed by atoms with Gasteiger partial charge in [0.15, 0.2) is 17.5 Å². The summed E-state index contributed by atoms with van der Waals surface area (Å²) in [6, 6.07) is 22.9. The molecule has 0 aliphatic rings. The van der Waals surface area contributed by atoms with Gasteiger partial charge in [0, 0.05) is 13.1 Å². The number of imide groups is 1. The third kappa shape index (κ3) is 8.08. The van der Waals surface area contributed by atoms with E-state index in [0.29, 0.717) is 25.1 Å². The van der Waals surface area contributed by atoms with Crippen LogP contribution < -0.4 is 26.4 Å². The lowest BCUT2D eigenvalue weighted by molar-refractivity contribution is -0.132. The van der Waals surface area contributed by atoms with Crippen molar-refractivity contribution in [3.05, 3.63) is 95.6 Å². The molecule has 0 aliphatic carbocycles. The molecule has 0 aromatic heterocycles. The van der Waals surface area contributed by atoms with Crippen LogP contribution in [-0.2, 0) is 16.1 Å². The summed E-state index contributed by atoms with van der Waals surface area (Å²) in [5, 5.41) is 25.9. The average Bonchev–Trinajstić information content (AvgIpc) is 2.89. The van der Waals surface area contributed by atoms with Gasteiger partial charge in [-0.05, 0) is 41.7 Å². The molecule has 0 saturated carbocycles. The molecule has 0 unspecified atom stereocenters. The van der Waals surface area contributed by atoms with Crippen molar-refractivity contribution in [3.63, 3.8) is 0 Å². The number of carbonyl (C=O) groups is 2. The Morgan fingerprint density at radius 1 is 0.973 bits per heavy atom. The Kier molecular flexibility index (Phi) is 10.0. The smallest absolute Gasteiger partial charge is 0.243 e. The maximum atomic E-state index is 13.4. The molecule has 9 heteroatoms. The zero-order valence-electron chi connectivity index (χ0n) is 20.7. The maximum Gasteiger partial charge on any atom is 0.243 e. The molecule has 0 radical (unpaired) electrons. The highest BCUT2D eigenvalue weighted by atomic mass is 16.5. The van der Waals surface area contributed by atoms with Crippen LogP contribution in [0.3, 0.4) is 0 Å². The number of amides is 2. The summed E-state index contributed by atoms with van der Waals surface area (Å²) in [6.07, 6.45) is 0.927. The summed E-state index contributed by atoms with van der Waals surface area (Å²) < 4.78 is 5.08. The van der Waals surface area contributed by atoms with Crippen molar-refractivity contribution >= 4 is 17.8 Å². The normalized spacial score (nSPS) is 11.5. The molecule has 3 rings (SSSR count). The van der Waals surface area contributed by atoms with E-state index in [-0.39, 0.29) is 18.3 Å². The monoisotopic (exact) mass is 503 g/mol. The zero-order chi connectivity index (χ0) is 26.6. The number of phenolic OH excluding ortho intramolecular Hbond substituents is 1. The Balaban J connectivity index is 1.74. The molecule has 7 N–H and O–H groups in total. The lowest BCUT2D eigenvalue weighted by atomic mass is 9.90. The fraction of sp³-hybridized carbons (Fsp3) is 0.250. The van der Waals surface area contributed by atoms with E-state index < -0.39 is 23.8 Å². The van der Waals surface area contributed by atoms with Crippen molar-refractivity contribution in [1.82, 2.24) is 16.0 Å². The summed E-state index contributed by atoms with van der Waals surface area (Å²) in [4.78, 5) is 26.7. The summed E-state index contributed by atoms with van der Waals surface area (Å²) in [5.74, 6) is -1.32. The second-order valence-electron chi connectivity index (χ2n) is 8.53. The van der Waals surface area contributed by atoms with Crippen molar-refractivity contribution in [2.45, 2.75) is 31.3 Å². The Morgan fingerprint density at radius 3 is 2.14 bits per heavy atom. The Morgan fingerprint density at radius 2 is 1.59 bits per heavy atom. The lowest BCUT2D eigenvalue weighted by Gasteiger charge is -2.21. The first-order chi connectivity index (χ1) is 17.9. The first-order valence-electron chi connectivity index (χ1n) is 12.0. The number of hydrogen-bond acceptors (Lipinski definition) is 6. The van der Waals surface area contributed by atoms with Crippen molar-refractivity contribution in [1.29, 1.82) is 5.41 Å². The van der Waals surface area contributed by atoms with E-state index in [1.807, 2.05) is 60.7 Å². The number of nitrogens with one attached hydrogen (secondary N) is 4. The van der Waals surface area contributed by atoms with Crippen LogP contribution >= 0.6 is 0 Å². The molecule has 3 aromatic rings. The molecular weight excluding hydrogens is 470 g/mol. The van der Waals surface area contributed by atoms with Crippen LogP contribution in [0.4, 0.5) is 0 Å². The first kappa shape index (κ1) is 27.2. The van der Waals surface area contributed by atoms with E-state index in [2.05, 4.69) is 16.0 Å². The minimum absolute atomic E-state index is 0.00259.